The highest BCUT2D eigenvalue weighted by molar-refractivity contribution is 6.11. The van der Waals surface area contributed by atoms with Crippen molar-refractivity contribution in [2.45, 2.75) is 85.4 Å². The lowest BCUT2D eigenvalue weighted by Gasteiger charge is -2.31. The highest BCUT2D eigenvalue weighted by Gasteiger charge is 2.63. The Bertz CT molecular complexity index is 522. The fourth-order valence-electron chi connectivity index (χ4n) is 3.76. The quantitative estimate of drug-likeness (QED) is 0.579. The van der Waals surface area contributed by atoms with Crippen molar-refractivity contribution in [3.05, 3.63) is 0 Å². The van der Waals surface area contributed by atoms with Crippen molar-refractivity contribution >= 4 is 17.3 Å². The molecule has 1 fully saturated rings. The van der Waals surface area contributed by atoms with Gasteiger partial charge in [0.15, 0.2) is 17.2 Å². The Kier molecular flexibility index (Phi) is 8.15. The molecule has 0 saturated heterocycles. The number of rotatable bonds is 10. The summed E-state index contributed by atoms with van der Waals surface area (Å²) in [6.07, 6.45) is 0.140. The van der Waals surface area contributed by atoms with Crippen LogP contribution in [0.1, 0.15) is 73.6 Å². The van der Waals surface area contributed by atoms with Crippen LogP contribution in [-0.2, 0) is 14.4 Å². The molecule has 2 N–H and O–H groups in total. The average molecular weight is 369 g/mol. The van der Waals surface area contributed by atoms with E-state index in [1.165, 1.54) is 0 Å². The molecule has 0 heterocycles. The Balaban J connectivity index is 3.17. The van der Waals surface area contributed by atoms with Gasteiger partial charge in [0.25, 0.3) is 0 Å². The molecule has 4 atom stereocenters. The van der Waals surface area contributed by atoms with E-state index in [1.807, 2.05) is 41.5 Å². The molecule has 0 aromatic heterocycles. The van der Waals surface area contributed by atoms with E-state index in [0.29, 0.717) is 25.2 Å². The highest BCUT2D eigenvalue weighted by atomic mass is 16.4. The van der Waals surface area contributed by atoms with E-state index in [4.69, 9.17) is 0 Å². The third-order valence-electron chi connectivity index (χ3n) is 5.33. The van der Waals surface area contributed by atoms with Gasteiger partial charge in [-0.1, -0.05) is 48.0 Å². The SMILES string of the molecule is CC(C)CCC(=O)[C@@]1(O)C(O)C(C(=O)CC(C)C)C(=O)[C@@H]1CCC(C)C. The number of ketones is 3. The molecule has 0 aromatic carbocycles. The summed E-state index contributed by atoms with van der Waals surface area (Å²) in [4.78, 5) is 38.2. The van der Waals surface area contributed by atoms with E-state index in [1.54, 1.807) is 0 Å². The predicted molar refractivity (Wildman–Crippen MR) is 101 cm³/mol. The molecule has 5 nitrogen and oxygen atoms in total. The summed E-state index contributed by atoms with van der Waals surface area (Å²) < 4.78 is 0. The second kappa shape index (κ2) is 9.23. The van der Waals surface area contributed by atoms with Gasteiger partial charge in [-0.05, 0) is 30.6 Å². The van der Waals surface area contributed by atoms with E-state index < -0.39 is 35.1 Å². The summed E-state index contributed by atoms with van der Waals surface area (Å²) in [7, 11) is 0. The Hall–Kier alpha value is -1.07. The molecule has 1 saturated carbocycles. The number of hydrogen-bond donors (Lipinski definition) is 2. The molecule has 1 aliphatic rings. The topological polar surface area (TPSA) is 91.7 Å². The second-order valence-electron chi connectivity index (χ2n) is 9.09. The third-order valence-corrected chi connectivity index (χ3v) is 5.33. The van der Waals surface area contributed by atoms with Crippen LogP contribution in [-0.4, -0.2) is 39.3 Å². The summed E-state index contributed by atoms with van der Waals surface area (Å²) in [5.41, 5.74) is -2.14. The van der Waals surface area contributed by atoms with Gasteiger partial charge in [0.05, 0.1) is 5.92 Å². The highest BCUT2D eigenvalue weighted by Crippen LogP contribution is 2.43. The number of hydrogen-bond acceptors (Lipinski definition) is 5. The zero-order valence-corrected chi connectivity index (χ0v) is 17.1. The summed E-state index contributed by atoms with van der Waals surface area (Å²) in [6, 6.07) is 0. The second-order valence-corrected chi connectivity index (χ2v) is 9.09. The smallest absolute Gasteiger partial charge is 0.167 e. The lowest BCUT2D eigenvalue weighted by atomic mass is 9.79. The first-order chi connectivity index (χ1) is 11.9. The minimum absolute atomic E-state index is 0.0435. The van der Waals surface area contributed by atoms with Gasteiger partial charge in [0.2, 0.25) is 0 Å². The maximum absolute atomic E-state index is 12.9. The molecule has 0 bridgehead atoms. The maximum atomic E-state index is 12.9. The van der Waals surface area contributed by atoms with E-state index in [9.17, 15) is 24.6 Å². The molecule has 0 aliphatic heterocycles. The lowest BCUT2D eigenvalue weighted by molar-refractivity contribution is -0.157. The van der Waals surface area contributed by atoms with Crippen LogP contribution in [0, 0.1) is 29.6 Å². The predicted octanol–water partition coefficient (Wildman–Crippen LogP) is 2.95. The van der Waals surface area contributed by atoms with Crippen LogP contribution in [0.2, 0.25) is 0 Å². The van der Waals surface area contributed by atoms with Crippen LogP contribution in [0.15, 0.2) is 0 Å². The van der Waals surface area contributed by atoms with Crippen molar-refractivity contribution in [1.82, 2.24) is 0 Å². The standard InChI is InChI=1S/C21H36O5/c1-12(2)7-9-15-19(24)18(16(22)11-14(5)6)20(25)21(15,26)17(23)10-8-13(3)4/h12-15,18,20,25-26H,7-11H2,1-6H3/t15-,18?,20?,21+/m0/s1. The average Bonchev–Trinajstić information content (AvgIpc) is 2.69. The molecular weight excluding hydrogens is 332 g/mol. The van der Waals surface area contributed by atoms with Crippen LogP contribution in [0.3, 0.4) is 0 Å². The first-order valence-corrected chi connectivity index (χ1v) is 9.93. The zero-order valence-electron chi connectivity index (χ0n) is 17.1. The van der Waals surface area contributed by atoms with Gasteiger partial charge in [0.1, 0.15) is 17.8 Å². The normalized spacial score (nSPS) is 29.2. The molecule has 2 unspecified atom stereocenters. The number of aliphatic hydroxyl groups is 2. The van der Waals surface area contributed by atoms with Gasteiger partial charge in [0, 0.05) is 12.8 Å². The van der Waals surface area contributed by atoms with Gasteiger partial charge in [-0.25, -0.2) is 0 Å². The number of carbonyl (C=O) groups excluding carboxylic acids is 3. The van der Waals surface area contributed by atoms with Crippen LogP contribution in [0.5, 0.6) is 0 Å². The van der Waals surface area contributed by atoms with Crippen molar-refractivity contribution < 1.29 is 24.6 Å². The molecule has 0 spiro atoms. The first kappa shape index (κ1) is 23.0. The van der Waals surface area contributed by atoms with Crippen molar-refractivity contribution in [2.24, 2.45) is 29.6 Å². The molecule has 1 aliphatic carbocycles. The molecule has 0 amide bonds. The molecular formula is C21H36O5. The molecule has 5 heteroatoms. The van der Waals surface area contributed by atoms with E-state index in [-0.39, 0.29) is 30.5 Å². The third kappa shape index (κ3) is 5.01. The van der Waals surface area contributed by atoms with E-state index in [2.05, 4.69) is 0 Å². The van der Waals surface area contributed by atoms with E-state index in [0.717, 1.165) is 0 Å². The molecule has 26 heavy (non-hydrogen) atoms. The molecule has 0 radical (unpaired) electrons. The number of Topliss-reactive ketones (excluding diaryl/α,β-unsaturated/α-hetero) is 3. The van der Waals surface area contributed by atoms with Crippen molar-refractivity contribution in [2.75, 3.05) is 0 Å². The Morgan fingerprint density at radius 1 is 1.00 bits per heavy atom. The Labute approximate surface area is 157 Å². The van der Waals surface area contributed by atoms with Crippen LogP contribution in [0.25, 0.3) is 0 Å². The van der Waals surface area contributed by atoms with Gasteiger partial charge < -0.3 is 10.2 Å². The largest absolute Gasteiger partial charge is 0.388 e. The summed E-state index contributed by atoms with van der Waals surface area (Å²) >= 11 is 0. The Morgan fingerprint density at radius 2 is 1.54 bits per heavy atom. The molecule has 0 aromatic rings. The summed E-state index contributed by atoms with van der Waals surface area (Å²) in [6.45, 7) is 11.7. The van der Waals surface area contributed by atoms with Gasteiger partial charge in [-0.3, -0.25) is 14.4 Å². The van der Waals surface area contributed by atoms with Crippen molar-refractivity contribution in [3.63, 3.8) is 0 Å². The monoisotopic (exact) mass is 368 g/mol. The van der Waals surface area contributed by atoms with Crippen LogP contribution < -0.4 is 0 Å². The van der Waals surface area contributed by atoms with Crippen molar-refractivity contribution in [1.29, 1.82) is 0 Å². The molecule has 1 rings (SSSR count). The van der Waals surface area contributed by atoms with Crippen LogP contribution >= 0.6 is 0 Å². The fourth-order valence-corrected chi connectivity index (χ4v) is 3.76. The van der Waals surface area contributed by atoms with Gasteiger partial charge >= 0.3 is 0 Å². The first-order valence-electron chi connectivity index (χ1n) is 9.93. The fraction of sp³-hybridized carbons (Fsp3) is 0.857. The minimum atomic E-state index is -2.14. The van der Waals surface area contributed by atoms with Gasteiger partial charge in [-0.15, -0.1) is 0 Å². The Morgan fingerprint density at radius 3 is 2.00 bits per heavy atom. The van der Waals surface area contributed by atoms with Gasteiger partial charge in [-0.2, -0.15) is 0 Å². The minimum Gasteiger partial charge on any atom is -0.388 e. The zero-order chi connectivity index (χ0) is 20.2. The summed E-state index contributed by atoms with van der Waals surface area (Å²) in [5.74, 6) is -3.04. The van der Waals surface area contributed by atoms with Crippen molar-refractivity contribution in [3.8, 4) is 0 Å². The number of carbonyl (C=O) groups is 3. The number of aliphatic hydroxyl groups excluding tert-OH is 1. The van der Waals surface area contributed by atoms with Crippen LogP contribution in [0.4, 0.5) is 0 Å². The molecule has 150 valence electrons. The summed E-state index contributed by atoms with van der Waals surface area (Å²) in [5, 5.41) is 21.9. The maximum Gasteiger partial charge on any atom is 0.167 e. The lowest BCUT2D eigenvalue weighted by Crippen LogP contribution is -2.52. The van der Waals surface area contributed by atoms with E-state index >= 15 is 0 Å².